The number of benzene rings is 2. The minimum atomic E-state index is 0.0208. The summed E-state index contributed by atoms with van der Waals surface area (Å²) in [6, 6.07) is 12.6. The van der Waals surface area contributed by atoms with Crippen molar-refractivity contribution in [2.75, 3.05) is 32.2 Å². The van der Waals surface area contributed by atoms with E-state index in [1.54, 1.807) is 14.2 Å². The fourth-order valence-electron chi connectivity index (χ4n) is 4.85. The normalized spacial score (nSPS) is 15.5. The first kappa shape index (κ1) is 20.4. The molecule has 2 aromatic carbocycles. The number of rotatable bonds is 5. The zero-order chi connectivity index (χ0) is 22.2. The molecule has 0 amide bonds. The van der Waals surface area contributed by atoms with Gasteiger partial charge in [0.25, 0.3) is 6.47 Å². The lowest BCUT2D eigenvalue weighted by atomic mass is 9.98. The number of pyridine rings is 1. The van der Waals surface area contributed by atoms with Crippen molar-refractivity contribution in [3.05, 3.63) is 42.0 Å². The van der Waals surface area contributed by atoms with Crippen molar-refractivity contribution in [3.8, 4) is 28.5 Å². The van der Waals surface area contributed by atoms with Gasteiger partial charge in [-0.15, -0.1) is 0 Å². The van der Waals surface area contributed by atoms with Crippen LogP contribution in [0.1, 0.15) is 18.4 Å². The summed E-state index contributed by atoms with van der Waals surface area (Å²) in [5, 5.41) is 1.08. The van der Waals surface area contributed by atoms with E-state index in [1.807, 2.05) is 12.1 Å². The average molecular weight is 436 g/mol. The van der Waals surface area contributed by atoms with Crippen LogP contribution in [-0.2, 0) is 23.2 Å². The number of aromatic nitrogens is 1. The van der Waals surface area contributed by atoms with Gasteiger partial charge in [0.15, 0.2) is 11.5 Å². The summed E-state index contributed by atoms with van der Waals surface area (Å²) in [7, 11) is 5.38. The van der Waals surface area contributed by atoms with Crippen molar-refractivity contribution in [1.29, 1.82) is 0 Å². The van der Waals surface area contributed by atoms with Crippen LogP contribution in [0, 0.1) is 0 Å². The first-order valence-electron chi connectivity index (χ1n) is 10.8. The molecule has 1 saturated heterocycles. The van der Waals surface area contributed by atoms with Crippen molar-refractivity contribution in [2.24, 2.45) is 7.05 Å². The van der Waals surface area contributed by atoms with E-state index in [4.69, 9.17) is 18.9 Å². The Morgan fingerprint density at radius 3 is 2.53 bits per heavy atom. The molecule has 0 radical (unpaired) electrons. The number of carbonyl (C=O) groups is 1. The minimum Gasteiger partial charge on any atom is -0.493 e. The van der Waals surface area contributed by atoms with E-state index in [9.17, 15) is 4.79 Å². The molecule has 0 bridgehead atoms. The van der Waals surface area contributed by atoms with Gasteiger partial charge in [-0.2, -0.15) is 4.57 Å². The fourth-order valence-corrected chi connectivity index (χ4v) is 4.85. The first-order valence-corrected chi connectivity index (χ1v) is 10.8. The van der Waals surface area contributed by atoms with Gasteiger partial charge in [0.2, 0.25) is 11.2 Å². The smallest absolute Gasteiger partial charge is 0.293 e. The maximum absolute atomic E-state index is 10.6. The molecule has 0 atom stereocenters. The third-order valence-electron chi connectivity index (χ3n) is 6.52. The van der Waals surface area contributed by atoms with Crippen LogP contribution in [0.5, 0.6) is 17.2 Å². The molecule has 3 aromatic rings. The Labute approximate surface area is 187 Å². The van der Waals surface area contributed by atoms with Gasteiger partial charge >= 0.3 is 0 Å². The Morgan fingerprint density at radius 2 is 1.81 bits per heavy atom. The summed E-state index contributed by atoms with van der Waals surface area (Å²) in [5.74, 6) is 2.31. The van der Waals surface area contributed by atoms with Crippen LogP contribution in [0.3, 0.4) is 0 Å². The SMILES string of the molecule is COc1cc2cc3c([n+](C)c2cc1OC)-c1ccc(N2CCC(OC=O)CC2)cc1OC3. The Morgan fingerprint density at radius 1 is 1.06 bits per heavy atom. The minimum absolute atomic E-state index is 0.0208. The van der Waals surface area contributed by atoms with Crippen LogP contribution < -0.4 is 23.7 Å². The van der Waals surface area contributed by atoms with E-state index in [-0.39, 0.29) is 6.10 Å². The third-order valence-corrected chi connectivity index (χ3v) is 6.52. The molecule has 32 heavy (non-hydrogen) atoms. The third kappa shape index (κ3) is 3.38. The highest BCUT2D eigenvalue weighted by Gasteiger charge is 2.29. The van der Waals surface area contributed by atoms with Gasteiger partial charge in [-0.3, -0.25) is 4.79 Å². The number of methoxy groups -OCH3 is 2. The summed E-state index contributed by atoms with van der Waals surface area (Å²) in [6.07, 6.45) is 1.70. The maximum Gasteiger partial charge on any atom is 0.293 e. The lowest BCUT2D eigenvalue weighted by molar-refractivity contribution is -0.634. The number of ether oxygens (including phenoxy) is 4. The molecule has 0 spiro atoms. The number of hydrogen-bond acceptors (Lipinski definition) is 6. The molecule has 1 aromatic heterocycles. The maximum atomic E-state index is 10.6. The lowest BCUT2D eigenvalue weighted by Crippen LogP contribution is -2.37. The van der Waals surface area contributed by atoms with Gasteiger partial charge < -0.3 is 23.8 Å². The Kier molecular flexibility index (Phi) is 5.25. The first-order chi connectivity index (χ1) is 15.6. The monoisotopic (exact) mass is 435 g/mol. The molecule has 7 heteroatoms. The summed E-state index contributed by atoms with van der Waals surface area (Å²) in [4.78, 5) is 12.9. The largest absolute Gasteiger partial charge is 0.493 e. The number of anilines is 1. The number of carbonyl (C=O) groups excluding carboxylic acids is 1. The average Bonchev–Trinajstić information content (AvgIpc) is 2.83. The molecule has 0 saturated carbocycles. The number of nitrogens with zero attached hydrogens (tertiary/aromatic N) is 2. The molecule has 1 fully saturated rings. The quantitative estimate of drug-likeness (QED) is 0.452. The van der Waals surface area contributed by atoms with Gasteiger partial charge in [-0.1, -0.05) is 0 Å². The van der Waals surface area contributed by atoms with E-state index < -0.39 is 0 Å². The van der Waals surface area contributed by atoms with Crippen LogP contribution in [0.15, 0.2) is 36.4 Å². The van der Waals surface area contributed by atoms with E-state index in [0.29, 0.717) is 24.6 Å². The molecule has 0 N–H and O–H groups in total. The van der Waals surface area contributed by atoms with E-state index >= 15 is 0 Å². The van der Waals surface area contributed by atoms with E-state index in [2.05, 4.69) is 40.8 Å². The van der Waals surface area contributed by atoms with Crippen LogP contribution in [0.25, 0.3) is 22.2 Å². The standard InChI is InChI=1S/C25H27N2O5/c1-26-21-13-24(30-3)23(29-2)11-16(21)10-17-14-31-22-12-18(4-5-20(22)25(17)26)27-8-6-19(7-9-27)32-15-28/h4-5,10-13,15,19H,6-9,14H2,1-3H3/q+1. The molecule has 166 valence electrons. The van der Waals surface area contributed by atoms with Crippen LogP contribution >= 0.6 is 0 Å². The summed E-state index contributed by atoms with van der Waals surface area (Å²) in [5.41, 5.74) is 5.56. The molecule has 7 nitrogen and oxygen atoms in total. The highest BCUT2D eigenvalue weighted by molar-refractivity contribution is 5.84. The van der Waals surface area contributed by atoms with Crippen molar-refractivity contribution in [2.45, 2.75) is 25.6 Å². The molecule has 5 rings (SSSR count). The van der Waals surface area contributed by atoms with Crippen molar-refractivity contribution >= 4 is 23.1 Å². The molecule has 2 aliphatic rings. The topological polar surface area (TPSA) is 61.1 Å². The fraction of sp³-hybridized carbons (Fsp3) is 0.360. The summed E-state index contributed by atoms with van der Waals surface area (Å²) < 4.78 is 24.5. The predicted molar refractivity (Wildman–Crippen MR) is 120 cm³/mol. The molecule has 3 heterocycles. The number of aryl methyl sites for hydroxylation is 1. The Balaban J connectivity index is 1.52. The van der Waals surface area contributed by atoms with Gasteiger partial charge in [-0.05, 0) is 24.3 Å². The van der Waals surface area contributed by atoms with Crippen molar-refractivity contribution < 1.29 is 28.3 Å². The van der Waals surface area contributed by atoms with Gasteiger partial charge in [0.05, 0.1) is 36.8 Å². The highest BCUT2D eigenvalue weighted by atomic mass is 16.5. The Bertz CT molecular complexity index is 1180. The summed E-state index contributed by atoms with van der Waals surface area (Å²) >= 11 is 0. The van der Waals surface area contributed by atoms with Gasteiger partial charge in [-0.25, -0.2) is 0 Å². The second kappa shape index (κ2) is 8.22. The van der Waals surface area contributed by atoms with Crippen molar-refractivity contribution in [1.82, 2.24) is 0 Å². The molecule has 2 aliphatic heterocycles. The molecular weight excluding hydrogens is 408 g/mol. The number of hydrogen-bond donors (Lipinski definition) is 0. The second-order valence-corrected chi connectivity index (χ2v) is 8.23. The van der Waals surface area contributed by atoms with E-state index in [0.717, 1.165) is 65.1 Å². The summed E-state index contributed by atoms with van der Waals surface area (Å²) in [6.45, 7) is 2.78. The molecular formula is C25H27N2O5+. The van der Waals surface area contributed by atoms with Crippen LogP contribution in [0.2, 0.25) is 0 Å². The predicted octanol–water partition coefficient (Wildman–Crippen LogP) is 3.38. The van der Waals surface area contributed by atoms with Gasteiger partial charge in [0, 0.05) is 37.7 Å². The molecule has 0 unspecified atom stereocenters. The second-order valence-electron chi connectivity index (χ2n) is 8.23. The van der Waals surface area contributed by atoms with Crippen LogP contribution in [0.4, 0.5) is 5.69 Å². The zero-order valence-corrected chi connectivity index (χ0v) is 18.6. The van der Waals surface area contributed by atoms with Crippen LogP contribution in [-0.4, -0.2) is 39.9 Å². The zero-order valence-electron chi connectivity index (χ0n) is 18.6. The number of piperidine rings is 1. The number of fused-ring (bicyclic) bond motifs is 4. The lowest BCUT2D eigenvalue weighted by Gasteiger charge is -2.33. The highest BCUT2D eigenvalue weighted by Crippen LogP contribution is 2.40. The van der Waals surface area contributed by atoms with Gasteiger partial charge in [0.1, 0.15) is 25.5 Å². The molecule has 0 aliphatic carbocycles. The van der Waals surface area contributed by atoms with Crippen molar-refractivity contribution in [3.63, 3.8) is 0 Å². The van der Waals surface area contributed by atoms with E-state index in [1.165, 1.54) is 0 Å². The Hall–Kier alpha value is -3.48.